The van der Waals surface area contributed by atoms with Crippen LogP contribution in [-0.2, 0) is 6.61 Å². The summed E-state index contributed by atoms with van der Waals surface area (Å²) in [5.41, 5.74) is 2.79. The normalized spacial score (nSPS) is 10.4. The molecule has 2 rings (SSSR count). The van der Waals surface area contributed by atoms with Crippen LogP contribution in [0.3, 0.4) is 0 Å². The highest BCUT2D eigenvalue weighted by Gasteiger charge is 2.13. The first kappa shape index (κ1) is 15.4. The van der Waals surface area contributed by atoms with Gasteiger partial charge in [-0.25, -0.2) is 5.84 Å². The number of amides is 1. The molecule has 0 aliphatic carbocycles. The van der Waals surface area contributed by atoms with Crippen LogP contribution in [0.15, 0.2) is 23.6 Å². The number of rotatable bonds is 4. The van der Waals surface area contributed by atoms with Crippen LogP contribution in [0.25, 0.3) is 0 Å². The Morgan fingerprint density at radius 3 is 2.65 bits per heavy atom. The van der Waals surface area contributed by atoms with E-state index < -0.39 is 0 Å². The summed E-state index contributed by atoms with van der Waals surface area (Å²) in [4.78, 5) is 12.0. The quantitative estimate of drug-likeness (QED) is 0.380. The summed E-state index contributed by atoms with van der Waals surface area (Å²) in [5.74, 6) is 5.15. The number of benzene rings is 1. The molecule has 0 radical (unpaired) electrons. The fourth-order valence-electron chi connectivity index (χ4n) is 1.48. The van der Waals surface area contributed by atoms with Crippen molar-refractivity contribution in [2.45, 2.75) is 6.61 Å². The number of hydrazine groups is 1. The summed E-state index contributed by atoms with van der Waals surface area (Å²) in [6.45, 7) is 0.171. The third-order valence-electron chi connectivity index (χ3n) is 2.44. The van der Waals surface area contributed by atoms with Crippen molar-refractivity contribution in [1.29, 1.82) is 0 Å². The van der Waals surface area contributed by atoms with Gasteiger partial charge in [0.25, 0.3) is 5.91 Å². The van der Waals surface area contributed by atoms with E-state index in [1.165, 1.54) is 23.5 Å². The number of carbonyl (C=O) groups is 1. The maximum absolute atomic E-state index is 11.5. The minimum Gasteiger partial charge on any atom is -0.487 e. The highest BCUT2D eigenvalue weighted by Crippen LogP contribution is 2.34. The number of hydrogen-bond donors (Lipinski definition) is 2. The lowest BCUT2D eigenvalue weighted by Crippen LogP contribution is -2.30. The van der Waals surface area contributed by atoms with E-state index in [2.05, 4.69) is 5.43 Å². The summed E-state index contributed by atoms with van der Waals surface area (Å²) < 4.78 is 5.56. The predicted molar refractivity (Wildman–Crippen MR) is 81.8 cm³/mol. The van der Waals surface area contributed by atoms with E-state index in [0.717, 1.165) is 0 Å². The summed E-state index contributed by atoms with van der Waals surface area (Å²) in [6, 6.07) is 4.81. The maximum Gasteiger partial charge on any atom is 0.275 e. The number of nitrogens with two attached hydrogens (primary N) is 1. The second kappa shape index (κ2) is 6.65. The lowest BCUT2D eigenvalue weighted by Gasteiger charge is -2.09. The van der Waals surface area contributed by atoms with Gasteiger partial charge in [-0.3, -0.25) is 10.2 Å². The van der Waals surface area contributed by atoms with E-state index in [1.807, 2.05) is 0 Å². The fourth-order valence-corrected chi connectivity index (χ4v) is 2.89. The molecule has 0 fully saturated rings. The van der Waals surface area contributed by atoms with Crippen LogP contribution >= 0.6 is 46.1 Å². The Hall–Kier alpha value is -0.980. The van der Waals surface area contributed by atoms with E-state index in [4.69, 9.17) is 45.4 Å². The number of nitrogens with one attached hydrogen (secondary N) is 1. The molecule has 1 amide bonds. The van der Waals surface area contributed by atoms with Gasteiger partial charge < -0.3 is 4.74 Å². The molecular weight excluding hydrogens is 343 g/mol. The first-order valence-electron chi connectivity index (χ1n) is 5.37. The Labute approximate surface area is 134 Å². The Kier molecular flexibility index (Phi) is 5.12. The van der Waals surface area contributed by atoms with Gasteiger partial charge in [0.1, 0.15) is 12.4 Å². The summed E-state index contributed by atoms with van der Waals surface area (Å²) in [5, 5.41) is 2.82. The van der Waals surface area contributed by atoms with Crippen LogP contribution in [0.5, 0.6) is 5.75 Å². The van der Waals surface area contributed by atoms with Crippen LogP contribution in [0.2, 0.25) is 15.1 Å². The molecule has 3 N–H and O–H groups in total. The van der Waals surface area contributed by atoms with Gasteiger partial charge in [0.2, 0.25) is 0 Å². The Morgan fingerprint density at radius 2 is 1.95 bits per heavy atom. The van der Waals surface area contributed by atoms with Crippen molar-refractivity contribution >= 4 is 52.0 Å². The fraction of sp³-hybridized carbons (Fsp3) is 0.0833. The Balaban J connectivity index is 2.15. The first-order valence-corrected chi connectivity index (χ1v) is 7.39. The van der Waals surface area contributed by atoms with Crippen molar-refractivity contribution in [3.8, 4) is 5.75 Å². The van der Waals surface area contributed by atoms with Crippen molar-refractivity contribution in [1.82, 2.24) is 5.43 Å². The SMILES string of the molecule is NNC(=O)c1sccc1COc1cc(Cl)c(Cl)cc1Cl. The number of carbonyl (C=O) groups excluding carboxylic acids is 1. The van der Waals surface area contributed by atoms with Crippen LogP contribution in [0, 0.1) is 0 Å². The molecule has 106 valence electrons. The lowest BCUT2D eigenvalue weighted by atomic mass is 10.2. The summed E-state index contributed by atoms with van der Waals surface area (Å²) in [6.07, 6.45) is 0. The summed E-state index contributed by atoms with van der Waals surface area (Å²) in [7, 11) is 0. The number of thiophene rings is 1. The standard InChI is InChI=1S/C12H9Cl3N2O2S/c13-7-3-9(15)10(4-8(7)14)19-5-6-1-2-20-11(6)12(18)17-16/h1-4H,5,16H2,(H,17,18). The number of hydrogen-bond acceptors (Lipinski definition) is 4. The largest absolute Gasteiger partial charge is 0.487 e. The molecule has 4 nitrogen and oxygen atoms in total. The van der Waals surface area contributed by atoms with Crippen LogP contribution < -0.4 is 16.0 Å². The van der Waals surface area contributed by atoms with Gasteiger partial charge in [-0.1, -0.05) is 34.8 Å². The van der Waals surface area contributed by atoms with E-state index in [1.54, 1.807) is 11.4 Å². The van der Waals surface area contributed by atoms with Gasteiger partial charge in [-0.15, -0.1) is 11.3 Å². The van der Waals surface area contributed by atoms with Gasteiger partial charge in [0, 0.05) is 11.6 Å². The smallest absolute Gasteiger partial charge is 0.275 e. The zero-order chi connectivity index (χ0) is 14.7. The third-order valence-corrected chi connectivity index (χ3v) is 4.42. The predicted octanol–water partition coefficient (Wildman–Crippen LogP) is 3.89. The van der Waals surface area contributed by atoms with Crippen molar-refractivity contribution in [2.24, 2.45) is 5.84 Å². The first-order chi connectivity index (χ1) is 9.52. The molecule has 0 atom stereocenters. The zero-order valence-electron chi connectivity index (χ0n) is 9.95. The highest BCUT2D eigenvalue weighted by atomic mass is 35.5. The molecule has 8 heteroatoms. The van der Waals surface area contributed by atoms with Gasteiger partial charge >= 0.3 is 0 Å². The molecule has 0 aliphatic rings. The van der Waals surface area contributed by atoms with Crippen molar-refractivity contribution in [3.05, 3.63) is 49.1 Å². The van der Waals surface area contributed by atoms with Crippen molar-refractivity contribution in [2.75, 3.05) is 0 Å². The van der Waals surface area contributed by atoms with Gasteiger partial charge in [-0.05, 0) is 17.5 Å². The van der Waals surface area contributed by atoms with E-state index in [9.17, 15) is 4.79 Å². The monoisotopic (exact) mass is 350 g/mol. The van der Waals surface area contributed by atoms with Crippen molar-refractivity contribution < 1.29 is 9.53 Å². The molecular formula is C12H9Cl3N2O2S. The average molecular weight is 352 g/mol. The van der Waals surface area contributed by atoms with E-state index >= 15 is 0 Å². The minimum atomic E-state index is -0.362. The van der Waals surface area contributed by atoms with Gasteiger partial charge in [0.15, 0.2) is 0 Å². The molecule has 0 aliphatic heterocycles. The number of nitrogen functional groups attached to an aromatic ring is 1. The molecule has 20 heavy (non-hydrogen) atoms. The minimum absolute atomic E-state index is 0.171. The molecule has 2 aromatic rings. The van der Waals surface area contributed by atoms with Crippen LogP contribution in [-0.4, -0.2) is 5.91 Å². The maximum atomic E-state index is 11.5. The van der Waals surface area contributed by atoms with E-state index in [-0.39, 0.29) is 12.5 Å². The van der Waals surface area contributed by atoms with Gasteiger partial charge in [0.05, 0.1) is 19.9 Å². The van der Waals surface area contributed by atoms with Crippen LogP contribution in [0.1, 0.15) is 15.2 Å². The lowest BCUT2D eigenvalue weighted by molar-refractivity contribution is 0.0955. The second-order valence-corrected chi connectivity index (χ2v) is 5.87. The number of ether oxygens (including phenoxy) is 1. The van der Waals surface area contributed by atoms with E-state index in [0.29, 0.717) is 31.3 Å². The summed E-state index contributed by atoms with van der Waals surface area (Å²) >= 11 is 19.0. The molecule has 0 unspecified atom stereocenters. The third kappa shape index (κ3) is 3.37. The molecule has 1 aromatic carbocycles. The Morgan fingerprint density at radius 1 is 1.25 bits per heavy atom. The highest BCUT2D eigenvalue weighted by molar-refractivity contribution is 7.12. The molecule has 1 aromatic heterocycles. The average Bonchev–Trinajstić information content (AvgIpc) is 2.89. The second-order valence-electron chi connectivity index (χ2n) is 3.73. The molecule has 0 saturated heterocycles. The molecule has 0 spiro atoms. The Bertz CT molecular complexity index is 646. The molecule has 0 bridgehead atoms. The molecule has 1 heterocycles. The van der Waals surface area contributed by atoms with Crippen LogP contribution in [0.4, 0.5) is 0 Å². The zero-order valence-corrected chi connectivity index (χ0v) is 13.0. The topological polar surface area (TPSA) is 64.3 Å². The van der Waals surface area contributed by atoms with Gasteiger partial charge in [-0.2, -0.15) is 0 Å². The number of halogens is 3. The van der Waals surface area contributed by atoms with Crippen molar-refractivity contribution in [3.63, 3.8) is 0 Å². The molecule has 0 saturated carbocycles.